The number of aryl methyl sites for hydroxylation is 1. The van der Waals surface area contributed by atoms with E-state index in [4.69, 9.17) is 4.18 Å². The van der Waals surface area contributed by atoms with Gasteiger partial charge in [0, 0.05) is 24.6 Å². The van der Waals surface area contributed by atoms with Crippen molar-refractivity contribution >= 4 is 21.7 Å². The molecule has 1 heterocycles. The van der Waals surface area contributed by atoms with Crippen molar-refractivity contribution < 1.29 is 17.4 Å². The van der Waals surface area contributed by atoms with Crippen molar-refractivity contribution in [3.63, 3.8) is 0 Å². The highest BCUT2D eigenvalue weighted by Gasteiger charge is 2.31. The highest BCUT2D eigenvalue weighted by Crippen LogP contribution is 2.26. The lowest BCUT2D eigenvalue weighted by molar-refractivity contribution is -0.117. The van der Waals surface area contributed by atoms with Gasteiger partial charge >= 0.3 is 0 Å². The van der Waals surface area contributed by atoms with E-state index in [0.717, 1.165) is 24.8 Å². The zero-order valence-electron chi connectivity index (χ0n) is 12.4. The van der Waals surface area contributed by atoms with Crippen molar-refractivity contribution in [3.05, 3.63) is 29.8 Å². The van der Waals surface area contributed by atoms with Gasteiger partial charge in [-0.25, -0.2) is 0 Å². The van der Waals surface area contributed by atoms with Crippen LogP contribution in [0.15, 0.2) is 24.3 Å². The first-order chi connectivity index (χ1) is 9.89. The molecule has 0 radical (unpaired) electrons. The van der Waals surface area contributed by atoms with Gasteiger partial charge in [-0.1, -0.05) is 25.5 Å². The molecule has 0 aliphatic carbocycles. The summed E-state index contributed by atoms with van der Waals surface area (Å²) in [7, 11) is -3.45. The zero-order valence-corrected chi connectivity index (χ0v) is 13.2. The summed E-state index contributed by atoms with van der Waals surface area (Å²) >= 11 is 0. The van der Waals surface area contributed by atoms with E-state index in [0.29, 0.717) is 13.0 Å². The average molecular weight is 311 g/mol. The molecule has 1 fully saturated rings. The van der Waals surface area contributed by atoms with Crippen LogP contribution in [0.25, 0.3) is 0 Å². The maximum atomic E-state index is 12.0. The van der Waals surface area contributed by atoms with E-state index < -0.39 is 10.1 Å². The maximum Gasteiger partial charge on any atom is 0.264 e. The molecular formula is C15H21NO4S. The van der Waals surface area contributed by atoms with Gasteiger partial charge in [0.15, 0.2) is 0 Å². The lowest BCUT2D eigenvalue weighted by Gasteiger charge is -2.17. The summed E-state index contributed by atoms with van der Waals surface area (Å²) < 4.78 is 26.8. The van der Waals surface area contributed by atoms with Crippen LogP contribution in [0.3, 0.4) is 0 Å². The molecular weight excluding hydrogens is 290 g/mol. The summed E-state index contributed by atoms with van der Waals surface area (Å²) in [5.74, 6) is -0.0668. The normalized spacial score (nSPS) is 19.2. The highest BCUT2D eigenvalue weighted by atomic mass is 32.2. The van der Waals surface area contributed by atoms with Crippen molar-refractivity contribution in [2.75, 3.05) is 24.3 Å². The minimum atomic E-state index is -3.45. The molecule has 116 valence electrons. The number of carbonyl (C=O) groups is 1. The Morgan fingerprint density at radius 2 is 1.95 bits per heavy atom. The fourth-order valence-corrected chi connectivity index (χ4v) is 2.93. The summed E-state index contributed by atoms with van der Waals surface area (Å²) in [6, 6.07) is 7.96. The fourth-order valence-electron chi connectivity index (χ4n) is 2.49. The number of hydrogen-bond acceptors (Lipinski definition) is 4. The lowest BCUT2D eigenvalue weighted by atomic mass is 10.1. The quantitative estimate of drug-likeness (QED) is 0.754. The molecule has 6 heteroatoms. The van der Waals surface area contributed by atoms with Crippen molar-refractivity contribution in [1.82, 2.24) is 0 Å². The van der Waals surface area contributed by atoms with E-state index >= 15 is 0 Å². The molecule has 1 aliphatic heterocycles. The van der Waals surface area contributed by atoms with E-state index in [-0.39, 0.29) is 18.4 Å². The minimum absolute atomic E-state index is 0.0142. The van der Waals surface area contributed by atoms with E-state index in [1.807, 2.05) is 24.3 Å². The predicted octanol–water partition coefficient (Wildman–Crippen LogP) is 1.97. The molecule has 1 aromatic rings. The van der Waals surface area contributed by atoms with Crippen LogP contribution in [0.4, 0.5) is 5.69 Å². The monoisotopic (exact) mass is 311 g/mol. The topological polar surface area (TPSA) is 63.7 Å². The van der Waals surface area contributed by atoms with Crippen LogP contribution in [-0.2, 0) is 25.5 Å². The van der Waals surface area contributed by atoms with Crippen LogP contribution in [0.1, 0.15) is 25.3 Å². The number of anilines is 1. The molecule has 1 unspecified atom stereocenters. The van der Waals surface area contributed by atoms with Gasteiger partial charge in [-0.15, -0.1) is 0 Å². The molecule has 1 atom stereocenters. The lowest BCUT2D eigenvalue weighted by Crippen LogP contribution is -2.25. The highest BCUT2D eigenvalue weighted by molar-refractivity contribution is 7.85. The molecule has 0 spiro atoms. The molecule has 0 N–H and O–H groups in total. The van der Waals surface area contributed by atoms with Crippen molar-refractivity contribution in [2.45, 2.75) is 26.2 Å². The van der Waals surface area contributed by atoms with Gasteiger partial charge in [0.2, 0.25) is 5.91 Å². The Labute approximate surface area is 126 Å². The molecule has 2 rings (SSSR count). The second kappa shape index (κ2) is 6.58. The van der Waals surface area contributed by atoms with Crippen LogP contribution >= 0.6 is 0 Å². The van der Waals surface area contributed by atoms with E-state index in [1.54, 1.807) is 4.90 Å². The third kappa shape index (κ3) is 4.54. The molecule has 5 nitrogen and oxygen atoms in total. The van der Waals surface area contributed by atoms with E-state index in [1.165, 1.54) is 5.56 Å². The van der Waals surface area contributed by atoms with Crippen molar-refractivity contribution in [1.29, 1.82) is 0 Å². The van der Waals surface area contributed by atoms with Crippen LogP contribution in [0, 0.1) is 5.92 Å². The first-order valence-corrected chi connectivity index (χ1v) is 8.94. The Morgan fingerprint density at radius 3 is 2.52 bits per heavy atom. The summed E-state index contributed by atoms with van der Waals surface area (Å²) in [5, 5.41) is 0. The standard InChI is InChI=1S/C15H21NO4S/c1-3-4-12-5-7-14(8-6-12)16-10-13(9-15(16)17)11-20-21(2,18)19/h5-8,13H,3-4,9-11H2,1-2H3. The predicted molar refractivity (Wildman–Crippen MR) is 81.7 cm³/mol. The van der Waals surface area contributed by atoms with Gasteiger partial charge in [-0.2, -0.15) is 8.42 Å². The van der Waals surface area contributed by atoms with Gasteiger partial charge in [0.25, 0.3) is 10.1 Å². The molecule has 0 aromatic heterocycles. The van der Waals surface area contributed by atoms with Crippen molar-refractivity contribution in [2.24, 2.45) is 5.92 Å². The summed E-state index contributed by atoms with van der Waals surface area (Å²) in [6.07, 6.45) is 3.46. The third-order valence-corrected chi connectivity index (χ3v) is 4.07. The number of amides is 1. The van der Waals surface area contributed by atoms with E-state index in [9.17, 15) is 13.2 Å². The van der Waals surface area contributed by atoms with Crippen molar-refractivity contribution in [3.8, 4) is 0 Å². The van der Waals surface area contributed by atoms with Crippen LogP contribution in [0.2, 0.25) is 0 Å². The number of hydrogen-bond donors (Lipinski definition) is 0. The van der Waals surface area contributed by atoms with Gasteiger partial charge in [0.1, 0.15) is 0 Å². The molecule has 21 heavy (non-hydrogen) atoms. The Kier molecular flexibility index (Phi) is 5.00. The first kappa shape index (κ1) is 16.0. The second-order valence-electron chi connectivity index (χ2n) is 5.48. The van der Waals surface area contributed by atoms with Gasteiger partial charge < -0.3 is 4.90 Å². The summed E-state index contributed by atoms with van der Waals surface area (Å²) in [6.45, 7) is 2.70. The zero-order chi connectivity index (χ0) is 15.5. The number of nitrogens with zero attached hydrogens (tertiary/aromatic N) is 1. The smallest absolute Gasteiger partial charge is 0.264 e. The first-order valence-electron chi connectivity index (χ1n) is 7.12. The molecule has 0 saturated carbocycles. The Bertz CT molecular complexity index is 595. The second-order valence-corrected chi connectivity index (χ2v) is 7.12. The third-order valence-electron chi connectivity index (χ3n) is 3.51. The van der Waals surface area contributed by atoms with Gasteiger partial charge in [-0.3, -0.25) is 8.98 Å². The molecule has 1 saturated heterocycles. The minimum Gasteiger partial charge on any atom is -0.312 e. The van der Waals surface area contributed by atoms with Gasteiger partial charge in [0.05, 0.1) is 12.9 Å². The number of benzene rings is 1. The average Bonchev–Trinajstić information content (AvgIpc) is 2.78. The largest absolute Gasteiger partial charge is 0.312 e. The number of carbonyl (C=O) groups excluding carboxylic acids is 1. The Balaban J connectivity index is 1.99. The maximum absolute atomic E-state index is 12.0. The number of rotatable bonds is 6. The fraction of sp³-hybridized carbons (Fsp3) is 0.533. The molecule has 1 amide bonds. The van der Waals surface area contributed by atoms with E-state index in [2.05, 4.69) is 6.92 Å². The SMILES string of the molecule is CCCc1ccc(N2CC(COS(C)(=O)=O)CC2=O)cc1. The van der Waals surface area contributed by atoms with Crippen LogP contribution in [-0.4, -0.2) is 33.7 Å². The Hall–Kier alpha value is -1.40. The van der Waals surface area contributed by atoms with Crippen LogP contribution in [0.5, 0.6) is 0 Å². The Morgan fingerprint density at radius 1 is 1.29 bits per heavy atom. The van der Waals surface area contributed by atoms with Gasteiger partial charge in [-0.05, 0) is 24.1 Å². The molecule has 1 aliphatic rings. The molecule has 1 aromatic carbocycles. The van der Waals surface area contributed by atoms with Crippen LogP contribution < -0.4 is 4.90 Å². The summed E-state index contributed by atoms with van der Waals surface area (Å²) in [4.78, 5) is 13.7. The summed E-state index contributed by atoms with van der Waals surface area (Å²) in [5.41, 5.74) is 2.12. The molecule has 0 bridgehead atoms.